The number of benzene rings is 1. The van der Waals surface area contributed by atoms with E-state index >= 15 is 0 Å². The van der Waals surface area contributed by atoms with Crippen LogP contribution in [0.1, 0.15) is 44.5 Å². The molecule has 3 heterocycles. The van der Waals surface area contributed by atoms with E-state index in [0.717, 1.165) is 40.7 Å². The lowest BCUT2D eigenvalue weighted by Gasteiger charge is -2.34. The second kappa shape index (κ2) is 7.87. The summed E-state index contributed by atoms with van der Waals surface area (Å²) in [5.41, 5.74) is 12.1. The second-order valence-electron chi connectivity index (χ2n) is 7.72. The van der Waals surface area contributed by atoms with Gasteiger partial charge in [-0.05, 0) is 56.6 Å². The van der Waals surface area contributed by atoms with Crippen LogP contribution in [0.2, 0.25) is 0 Å². The molecular weight excluding hydrogens is 360 g/mol. The van der Waals surface area contributed by atoms with E-state index in [2.05, 4.69) is 56.1 Å². The van der Waals surface area contributed by atoms with Crippen LogP contribution >= 0.6 is 0 Å². The van der Waals surface area contributed by atoms with Gasteiger partial charge in [0.1, 0.15) is 11.6 Å². The molecule has 4 N–H and O–H groups in total. The predicted molar refractivity (Wildman–Crippen MR) is 121 cm³/mol. The van der Waals surface area contributed by atoms with Crippen molar-refractivity contribution in [3.05, 3.63) is 41.7 Å². The fraction of sp³-hybridized carbons (Fsp3) is 0.391. The van der Waals surface area contributed by atoms with E-state index in [1.54, 1.807) is 0 Å². The number of pyridine rings is 1. The molecule has 0 radical (unpaired) electrons. The molecule has 1 saturated carbocycles. The van der Waals surface area contributed by atoms with Gasteiger partial charge in [-0.25, -0.2) is 9.97 Å². The zero-order valence-corrected chi connectivity index (χ0v) is 17.7. The molecule has 0 atom stereocenters. The van der Waals surface area contributed by atoms with Gasteiger partial charge in [-0.2, -0.15) is 0 Å². The molecule has 0 amide bonds. The summed E-state index contributed by atoms with van der Waals surface area (Å²) in [5, 5.41) is 1.21. The van der Waals surface area contributed by atoms with Crippen molar-refractivity contribution in [3.8, 4) is 11.3 Å². The highest BCUT2D eigenvalue weighted by Gasteiger charge is 2.22. The van der Waals surface area contributed by atoms with Gasteiger partial charge in [0.25, 0.3) is 0 Å². The van der Waals surface area contributed by atoms with Crippen LogP contribution in [0, 0.1) is 6.92 Å². The second-order valence-corrected chi connectivity index (χ2v) is 7.72. The van der Waals surface area contributed by atoms with Crippen molar-refractivity contribution in [3.63, 3.8) is 0 Å². The van der Waals surface area contributed by atoms with E-state index in [-0.39, 0.29) is 0 Å². The molecule has 1 fully saturated rings. The minimum Gasteiger partial charge on any atom is -0.384 e. The highest BCUT2D eigenvalue weighted by Crippen LogP contribution is 2.31. The van der Waals surface area contributed by atoms with E-state index in [1.165, 1.54) is 30.2 Å². The summed E-state index contributed by atoms with van der Waals surface area (Å²) in [6.07, 6.45) is 4.03. The topological polar surface area (TPSA) is 86.6 Å². The SMILES string of the molecule is CC.Cc1nc2nc(N)cc(-c3cc4cc(CN(C)C5CCC5)ccc4[nH]3)c2[nH]1. The largest absolute Gasteiger partial charge is 0.384 e. The lowest BCUT2D eigenvalue weighted by atomic mass is 9.91. The summed E-state index contributed by atoms with van der Waals surface area (Å²) in [6, 6.07) is 11.5. The highest BCUT2D eigenvalue weighted by atomic mass is 15.1. The zero-order valence-electron chi connectivity index (χ0n) is 17.7. The first-order valence-electron chi connectivity index (χ1n) is 10.5. The van der Waals surface area contributed by atoms with E-state index in [0.29, 0.717) is 11.5 Å². The Kier molecular flexibility index (Phi) is 5.28. The molecule has 6 nitrogen and oxygen atoms in total. The maximum Gasteiger partial charge on any atom is 0.180 e. The molecule has 0 unspecified atom stereocenters. The molecule has 1 aromatic carbocycles. The number of aryl methyl sites for hydroxylation is 1. The van der Waals surface area contributed by atoms with Crippen molar-refractivity contribution in [2.24, 2.45) is 0 Å². The number of anilines is 1. The fourth-order valence-electron chi connectivity index (χ4n) is 4.01. The number of nitrogens with two attached hydrogens (primary N) is 1. The highest BCUT2D eigenvalue weighted by molar-refractivity contribution is 5.95. The third-order valence-electron chi connectivity index (χ3n) is 5.71. The minimum atomic E-state index is 0.477. The van der Waals surface area contributed by atoms with E-state index in [1.807, 2.05) is 26.8 Å². The maximum atomic E-state index is 6.01. The Hall–Kier alpha value is -2.86. The third-order valence-corrected chi connectivity index (χ3v) is 5.71. The molecular formula is C23H30N6. The first-order valence-corrected chi connectivity index (χ1v) is 10.5. The van der Waals surface area contributed by atoms with Gasteiger partial charge in [-0.1, -0.05) is 26.3 Å². The molecule has 6 heteroatoms. The zero-order chi connectivity index (χ0) is 20.5. The van der Waals surface area contributed by atoms with Crippen LogP contribution in [0.25, 0.3) is 33.3 Å². The quantitative estimate of drug-likeness (QED) is 0.457. The number of hydrogen-bond donors (Lipinski definition) is 3. The molecule has 1 aliphatic carbocycles. The van der Waals surface area contributed by atoms with Crippen molar-refractivity contribution in [1.29, 1.82) is 0 Å². The van der Waals surface area contributed by atoms with Crippen molar-refractivity contribution >= 4 is 27.9 Å². The smallest absolute Gasteiger partial charge is 0.180 e. The van der Waals surface area contributed by atoms with E-state index in [9.17, 15) is 0 Å². The van der Waals surface area contributed by atoms with Crippen LogP contribution in [0.4, 0.5) is 5.82 Å². The van der Waals surface area contributed by atoms with Crippen LogP contribution in [0.5, 0.6) is 0 Å². The average Bonchev–Trinajstić information content (AvgIpc) is 3.23. The number of nitrogen functional groups attached to an aromatic ring is 1. The van der Waals surface area contributed by atoms with Gasteiger partial charge in [-0.15, -0.1) is 0 Å². The summed E-state index contributed by atoms with van der Waals surface area (Å²) in [6.45, 7) is 6.92. The maximum absolute atomic E-state index is 6.01. The molecule has 0 spiro atoms. The number of rotatable bonds is 4. The van der Waals surface area contributed by atoms with Crippen LogP contribution in [0.3, 0.4) is 0 Å². The number of hydrogen-bond acceptors (Lipinski definition) is 4. The van der Waals surface area contributed by atoms with Gasteiger partial charge in [0.2, 0.25) is 0 Å². The number of fused-ring (bicyclic) bond motifs is 2. The number of aromatic nitrogens is 4. The first-order chi connectivity index (χ1) is 14.1. The molecule has 4 aromatic rings. The summed E-state index contributed by atoms with van der Waals surface area (Å²) in [5.74, 6) is 1.31. The van der Waals surface area contributed by atoms with Crippen LogP contribution < -0.4 is 5.73 Å². The van der Waals surface area contributed by atoms with Gasteiger partial charge in [0, 0.05) is 34.7 Å². The monoisotopic (exact) mass is 390 g/mol. The van der Waals surface area contributed by atoms with Crippen molar-refractivity contribution in [2.75, 3.05) is 12.8 Å². The summed E-state index contributed by atoms with van der Waals surface area (Å²) >= 11 is 0. The first kappa shape index (κ1) is 19.5. The Balaban J connectivity index is 0.000000994. The Bertz CT molecular complexity index is 1140. The van der Waals surface area contributed by atoms with Crippen LogP contribution in [0.15, 0.2) is 30.3 Å². The van der Waals surface area contributed by atoms with Crippen LogP contribution in [-0.2, 0) is 6.54 Å². The Morgan fingerprint density at radius 1 is 1.10 bits per heavy atom. The Morgan fingerprint density at radius 3 is 2.62 bits per heavy atom. The van der Waals surface area contributed by atoms with Gasteiger partial charge >= 0.3 is 0 Å². The number of nitrogens with zero attached hydrogens (tertiary/aromatic N) is 3. The normalized spacial score (nSPS) is 14.2. The number of aromatic amines is 2. The molecule has 0 saturated heterocycles. The summed E-state index contributed by atoms with van der Waals surface area (Å²) in [7, 11) is 2.23. The third kappa shape index (κ3) is 3.72. The molecule has 0 aliphatic heterocycles. The average molecular weight is 391 g/mol. The van der Waals surface area contributed by atoms with E-state index in [4.69, 9.17) is 5.73 Å². The number of imidazole rings is 1. The summed E-state index contributed by atoms with van der Waals surface area (Å²) in [4.78, 5) is 18.1. The van der Waals surface area contributed by atoms with Crippen molar-refractivity contribution < 1.29 is 0 Å². The van der Waals surface area contributed by atoms with Crippen LogP contribution in [-0.4, -0.2) is 37.9 Å². The van der Waals surface area contributed by atoms with Gasteiger partial charge in [-0.3, -0.25) is 4.90 Å². The van der Waals surface area contributed by atoms with Gasteiger partial charge in [0.05, 0.1) is 5.52 Å². The van der Waals surface area contributed by atoms with Gasteiger partial charge in [0.15, 0.2) is 5.65 Å². The minimum absolute atomic E-state index is 0.477. The number of nitrogens with one attached hydrogen (secondary N) is 2. The molecule has 5 rings (SSSR count). The predicted octanol–water partition coefficient (Wildman–Crippen LogP) is 5.01. The molecule has 1 aliphatic rings. The lowest BCUT2D eigenvalue weighted by molar-refractivity contribution is 0.153. The lowest BCUT2D eigenvalue weighted by Crippen LogP contribution is -2.36. The molecule has 3 aromatic heterocycles. The Labute approximate surface area is 171 Å². The van der Waals surface area contributed by atoms with Crippen molar-refractivity contribution in [1.82, 2.24) is 24.8 Å². The molecule has 0 bridgehead atoms. The fourth-order valence-corrected chi connectivity index (χ4v) is 4.01. The van der Waals surface area contributed by atoms with E-state index < -0.39 is 0 Å². The number of H-pyrrole nitrogens is 2. The Morgan fingerprint density at radius 2 is 1.90 bits per heavy atom. The summed E-state index contributed by atoms with van der Waals surface area (Å²) < 4.78 is 0. The standard InChI is InChI=1S/C21H24N6.C2H6/c1-12-23-20-16(10-19(22)26-21(20)24-12)18-9-14-8-13(6-7-17(14)25-18)11-27(2)15-4-3-5-15;1-2/h6-10,15,25H,3-5,11H2,1-2H3,(H3,22,23,24,26);1-2H3. The molecule has 152 valence electrons. The van der Waals surface area contributed by atoms with Crippen molar-refractivity contribution in [2.45, 2.75) is 52.6 Å². The molecule has 29 heavy (non-hydrogen) atoms. The van der Waals surface area contributed by atoms with Gasteiger partial charge < -0.3 is 15.7 Å².